The lowest BCUT2D eigenvalue weighted by molar-refractivity contribution is -0.384. The van der Waals surface area contributed by atoms with Crippen LogP contribution in [0.1, 0.15) is 26.3 Å². The molecule has 0 aliphatic rings. The first-order chi connectivity index (χ1) is 9.51. The van der Waals surface area contributed by atoms with Crippen LogP contribution in [0.4, 0.5) is 11.4 Å². The zero-order valence-corrected chi connectivity index (χ0v) is 11.9. The molecule has 0 aliphatic carbocycles. The third-order valence-electron chi connectivity index (χ3n) is 2.99. The second-order valence-electron chi connectivity index (χ2n) is 4.72. The van der Waals surface area contributed by atoms with Gasteiger partial charge in [-0.1, -0.05) is 19.9 Å². The lowest BCUT2D eigenvalue weighted by Gasteiger charge is -2.23. The molecular weight excluding hydrogens is 258 g/mol. The highest BCUT2D eigenvalue weighted by Crippen LogP contribution is 2.29. The van der Waals surface area contributed by atoms with Gasteiger partial charge in [-0.3, -0.25) is 10.1 Å². The molecule has 1 N–H and O–H groups in total. The van der Waals surface area contributed by atoms with Gasteiger partial charge in [0.15, 0.2) is 0 Å². The molecule has 20 heavy (non-hydrogen) atoms. The van der Waals surface area contributed by atoms with Crippen LogP contribution in [-0.4, -0.2) is 24.2 Å². The van der Waals surface area contributed by atoms with Crippen LogP contribution in [0.2, 0.25) is 0 Å². The highest BCUT2D eigenvalue weighted by Gasteiger charge is 2.23. The van der Waals surface area contributed by atoms with Gasteiger partial charge in [-0.2, -0.15) is 5.26 Å². The Morgan fingerprint density at radius 1 is 1.50 bits per heavy atom. The average Bonchev–Trinajstić information content (AvgIpc) is 2.42. The molecule has 1 aromatic rings. The van der Waals surface area contributed by atoms with Gasteiger partial charge < -0.3 is 10.1 Å². The Kier molecular flexibility index (Phi) is 5.94. The Hall–Kier alpha value is -2.13. The SMILES string of the molecule is CCOCC(Nc1cccc(C#N)c1[N+](=O)[O-])C(C)C. The molecule has 0 aromatic heterocycles. The molecule has 0 fully saturated rings. The summed E-state index contributed by atoms with van der Waals surface area (Å²) in [5.74, 6) is 0.242. The van der Waals surface area contributed by atoms with Crippen LogP contribution in [0.3, 0.4) is 0 Å². The number of nitriles is 1. The van der Waals surface area contributed by atoms with Gasteiger partial charge in [0.2, 0.25) is 0 Å². The number of ether oxygens (including phenoxy) is 1. The molecule has 1 atom stereocenters. The van der Waals surface area contributed by atoms with Gasteiger partial charge in [0.05, 0.1) is 17.6 Å². The summed E-state index contributed by atoms with van der Waals surface area (Å²) in [5.41, 5.74) is 0.225. The number of nitrogens with one attached hydrogen (secondary N) is 1. The van der Waals surface area contributed by atoms with Gasteiger partial charge in [-0.15, -0.1) is 0 Å². The number of benzene rings is 1. The Labute approximate surface area is 118 Å². The van der Waals surface area contributed by atoms with E-state index in [1.54, 1.807) is 12.1 Å². The van der Waals surface area contributed by atoms with Crippen molar-refractivity contribution in [3.05, 3.63) is 33.9 Å². The predicted octanol–water partition coefficient (Wildman–Crippen LogP) is 2.94. The molecule has 1 aromatic carbocycles. The number of nitro benzene ring substituents is 1. The molecule has 0 spiro atoms. The summed E-state index contributed by atoms with van der Waals surface area (Å²) in [4.78, 5) is 10.6. The van der Waals surface area contributed by atoms with Crippen molar-refractivity contribution < 1.29 is 9.66 Å². The van der Waals surface area contributed by atoms with E-state index in [-0.39, 0.29) is 23.2 Å². The van der Waals surface area contributed by atoms with E-state index in [9.17, 15) is 10.1 Å². The van der Waals surface area contributed by atoms with E-state index in [0.29, 0.717) is 18.9 Å². The Bertz CT molecular complexity index is 509. The van der Waals surface area contributed by atoms with Crippen LogP contribution in [0, 0.1) is 27.4 Å². The lowest BCUT2D eigenvalue weighted by atomic mass is 10.0. The van der Waals surface area contributed by atoms with Crippen LogP contribution in [0.15, 0.2) is 18.2 Å². The Balaban J connectivity index is 3.06. The van der Waals surface area contributed by atoms with Crippen molar-refractivity contribution in [2.75, 3.05) is 18.5 Å². The summed E-state index contributed by atoms with van der Waals surface area (Å²) in [6.07, 6.45) is 0. The van der Waals surface area contributed by atoms with Gasteiger partial charge in [0, 0.05) is 6.61 Å². The topological polar surface area (TPSA) is 88.2 Å². The molecule has 0 saturated heterocycles. The van der Waals surface area contributed by atoms with E-state index in [2.05, 4.69) is 5.32 Å². The number of nitro groups is 1. The van der Waals surface area contributed by atoms with Crippen molar-refractivity contribution in [2.24, 2.45) is 5.92 Å². The molecular formula is C14H19N3O3. The van der Waals surface area contributed by atoms with Crippen molar-refractivity contribution in [1.82, 2.24) is 0 Å². The number of nitrogens with zero attached hydrogens (tertiary/aromatic N) is 2. The first-order valence-corrected chi connectivity index (χ1v) is 6.53. The molecule has 6 nitrogen and oxygen atoms in total. The number of hydrogen-bond donors (Lipinski definition) is 1. The van der Waals surface area contributed by atoms with E-state index in [0.717, 1.165) is 0 Å². The van der Waals surface area contributed by atoms with E-state index < -0.39 is 4.92 Å². The van der Waals surface area contributed by atoms with Crippen molar-refractivity contribution in [2.45, 2.75) is 26.8 Å². The predicted molar refractivity (Wildman–Crippen MR) is 76.6 cm³/mol. The molecule has 6 heteroatoms. The van der Waals surface area contributed by atoms with Gasteiger partial charge in [-0.25, -0.2) is 0 Å². The van der Waals surface area contributed by atoms with Gasteiger partial charge >= 0.3 is 5.69 Å². The number of para-hydroxylation sites is 1. The van der Waals surface area contributed by atoms with Crippen LogP contribution in [0.25, 0.3) is 0 Å². The van der Waals surface area contributed by atoms with E-state index in [4.69, 9.17) is 10.00 Å². The third kappa shape index (κ3) is 3.93. The largest absolute Gasteiger partial charge is 0.380 e. The molecule has 1 unspecified atom stereocenters. The fraction of sp³-hybridized carbons (Fsp3) is 0.500. The maximum Gasteiger partial charge on any atom is 0.309 e. The highest BCUT2D eigenvalue weighted by molar-refractivity contribution is 5.68. The first-order valence-electron chi connectivity index (χ1n) is 6.53. The quantitative estimate of drug-likeness (QED) is 0.611. The average molecular weight is 277 g/mol. The Morgan fingerprint density at radius 2 is 2.20 bits per heavy atom. The molecule has 0 amide bonds. The van der Waals surface area contributed by atoms with Crippen molar-refractivity contribution in [3.63, 3.8) is 0 Å². The second kappa shape index (κ2) is 7.46. The smallest absolute Gasteiger partial charge is 0.309 e. The lowest BCUT2D eigenvalue weighted by Crippen LogP contribution is -2.31. The summed E-state index contributed by atoms with van der Waals surface area (Å²) in [6, 6.07) is 6.48. The first kappa shape index (κ1) is 15.9. The molecule has 0 bridgehead atoms. The zero-order chi connectivity index (χ0) is 15.1. The summed E-state index contributed by atoms with van der Waals surface area (Å²) < 4.78 is 5.39. The standard InChI is InChI=1S/C14H19N3O3/c1-4-20-9-13(10(2)3)16-12-7-5-6-11(8-15)14(12)17(18)19/h5-7,10,13,16H,4,9H2,1-3H3. The minimum atomic E-state index is -0.529. The van der Waals surface area contributed by atoms with Crippen molar-refractivity contribution in [1.29, 1.82) is 5.26 Å². The monoisotopic (exact) mass is 277 g/mol. The van der Waals surface area contributed by atoms with Crippen molar-refractivity contribution in [3.8, 4) is 6.07 Å². The molecule has 0 heterocycles. The van der Waals surface area contributed by atoms with Crippen molar-refractivity contribution >= 4 is 11.4 Å². The number of anilines is 1. The van der Waals surface area contributed by atoms with Crippen LogP contribution in [-0.2, 0) is 4.74 Å². The molecule has 1 rings (SSSR count). The highest BCUT2D eigenvalue weighted by atomic mass is 16.6. The maximum absolute atomic E-state index is 11.2. The summed E-state index contributed by atoms with van der Waals surface area (Å²) in [7, 11) is 0. The molecule has 0 radical (unpaired) electrons. The van der Waals surface area contributed by atoms with Crippen LogP contribution < -0.4 is 5.32 Å². The van der Waals surface area contributed by atoms with Crippen LogP contribution >= 0.6 is 0 Å². The molecule has 0 saturated carbocycles. The second-order valence-corrected chi connectivity index (χ2v) is 4.72. The Morgan fingerprint density at radius 3 is 2.70 bits per heavy atom. The minimum Gasteiger partial charge on any atom is -0.380 e. The summed E-state index contributed by atoms with van der Waals surface area (Å²) >= 11 is 0. The van der Waals surface area contributed by atoms with E-state index >= 15 is 0 Å². The van der Waals surface area contributed by atoms with Crippen LogP contribution in [0.5, 0.6) is 0 Å². The molecule has 0 aliphatic heterocycles. The molecule has 108 valence electrons. The van der Waals surface area contributed by atoms with Gasteiger partial charge in [0.1, 0.15) is 17.3 Å². The number of hydrogen-bond acceptors (Lipinski definition) is 5. The third-order valence-corrected chi connectivity index (χ3v) is 2.99. The normalized spacial score (nSPS) is 11.9. The van der Waals surface area contributed by atoms with Gasteiger partial charge in [-0.05, 0) is 25.0 Å². The zero-order valence-electron chi connectivity index (χ0n) is 11.9. The summed E-state index contributed by atoms with van der Waals surface area (Å²) in [5, 5.41) is 23.2. The summed E-state index contributed by atoms with van der Waals surface area (Å²) in [6.45, 7) is 6.97. The van der Waals surface area contributed by atoms with E-state index in [1.165, 1.54) is 6.07 Å². The minimum absolute atomic E-state index is 0.0532. The van der Waals surface area contributed by atoms with Gasteiger partial charge in [0.25, 0.3) is 0 Å². The van der Waals surface area contributed by atoms with E-state index in [1.807, 2.05) is 26.8 Å². The maximum atomic E-state index is 11.2. The fourth-order valence-electron chi connectivity index (χ4n) is 1.79. The fourth-order valence-corrected chi connectivity index (χ4v) is 1.79. The number of rotatable bonds is 7.